The molecule has 2 aliphatic rings. The van der Waals surface area contributed by atoms with Crippen LogP contribution in [0.25, 0.3) is 0 Å². The summed E-state index contributed by atoms with van der Waals surface area (Å²) in [5.41, 5.74) is 3.72. The van der Waals surface area contributed by atoms with Crippen molar-refractivity contribution in [3.05, 3.63) is 29.3 Å². The van der Waals surface area contributed by atoms with E-state index in [-0.39, 0.29) is 0 Å². The van der Waals surface area contributed by atoms with Gasteiger partial charge in [-0.05, 0) is 92.2 Å². The molecule has 0 radical (unpaired) electrons. The third kappa shape index (κ3) is 4.25. The summed E-state index contributed by atoms with van der Waals surface area (Å²) in [7, 11) is 0. The van der Waals surface area contributed by atoms with Gasteiger partial charge in [-0.15, -0.1) is 0 Å². The highest BCUT2D eigenvalue weighted by atomic mass is 16.3. The van der Waals surface area contributed by atoms with E-state index in [4.69, 9.17) is 0 Å². The van der Waals surface area contributed by atoms with Crippen LogP contribution in [0.3, 0.4) is 0 Å². The summed E-state index contributed by atoms with van der Waals surface area (Å²) in [6.07, 6.45) is 12.9. The maximum Gasteiger partial charge on any atom is 0.119 e. The molecule has 0 spiro atoms. The van der Waals surface area contributed by atoms with Crippen molar-refractivity contribution >= 4 is 0 Å². The van der Waals surface area contributed by atoms with Crippen LogP contribution in [0, 0.1) is 10.8 Å². The van der Waals surface area contributed by atoms with E-state index in [2.05, 4.69) is 26.0 Å². The first-order chi connectivity index (χ1) is 9.98. The topological polar surface area (TPSA) is 20.2 Å². The Morgan fingerprint density at radius 3 is 2.00 bits per heavy atom. The molecule has 2 fully saturated rings. The van der Waals surface area contributed by atoms with Crippen LogP contribution >= 0.6 is 0 Å². The second-order valence-corrected chi connectivity index (χ2v) is 8.29. The average Bonchev–Trinajstić information content (AvgIpc) is 3.34. The lowest BCUT2D eigenvalue weighted by atomic mass is 9.96. The molecule has 0 aliphatic heterocycles. The van der Waals surface area contributed by atoms with Crippen LogP contribution in [0.1, 0.15) is 76.3 Å². The zero-order valence-corrected chi connectivity index (χ0v) is 13.8. The van der Waals surface area contributed by atoms with Gasteiger partial charge in [0, 0.05) is 0 Å². The summed E-state index contributed by atoms with van der Waals surface area (Å²) in [5, 5.41) is 10.2. The first-order valence-corrected chi connectivity index (χ1v) is 8.79. The summed E-state index contributed by atoms with van der Waals surface area (Å²) in [6.45, 7) is 4.78. The monoisotopic (exact) mass is 286 g/mol. The Hall–Kier alpha value is -0.980. The molecule has 0 saturated heterocycles. The van der Waals surface area contributed by atoms with E-state index < -0.39 is 0 Å². The summed E-state index contributed by atoms with van der Waals surface area (Å²) < 4.78 is 0. The zero-order chi connectivity index (χ0) is 14.9. The van der Waals surface area contributed by atoms with E-state index in [1.807, 2.05) is 6.07 Å². The van der Waals surface area contributed by atoms with Gasteiger partial charge in [0.1, 0.15) is 5.75 Å². The lowest BCUT2D eigenvalue weighted by Gasteiger charge is -2.11. The molecular weight excluding hydrogens is 256 g/mol. The first-order valence-electron chi connectivity index (χ1n) is 8.79. The quantitative estimate of drug-likeness (QED) is 0.656. The summed E-state index contributed by atoms with van der Waals surface area (Å²) in [5.74, 6) is 0.520. The number of aromatic hydroxyl groups is 1. The largest absolute Gasteiger partial charge is 0.508 e. The molecule has 1 N–H and O–H groups in total. The van der Waals surface area contributed by atoms with Crippen molar-refractivity contribution in [2.45, 2.75) is 78.1 Å². The smallest absolute Gasteiger partial charge is 0.119 e. The van der Waals surface area contributed by atoms with Crippen LogP contribution in [-0.4, -0.2) is 5.11 Å². The molecule has 0 aromatic heterocycles. The number of hydrogen-bond donors (Lipinski definition) is 1. The second kappa shape index (κ2) is 5.66. The molecule has 0 amide bonds. The molecule has 2 saturated carbocycles. The van der Waals surface area contributed by atoms with E-state index in [0.717, 1.165) is 18.4 Å². The van der Waals surface area contributed by atoms with Crippen LogP contribution in [0.15, 0.2) is 18.2 Å². The Balaban J connectivity index is 1.45. The summed E-state index contributed by atoms with van der Waals surface area (Å²) in [4.78, 5) is 0. The van der Waals surface area contributed by atoms with Gasteiger partial charge in [0.2, 0.25) is 0 Å². The number of aryl methyl sites for hydroxylation is 2. The Morgan fingerprint density at radius 2 is 1.48 bits per heavy atom. The van der Waals surface area contributed by atoms with Crippen molar-refractivity contribution in [3.8, 4) is 5.75 Å². The van der Waals surface area contributed by atoms with Crippen molar-refractivity contribution in [2.75, 3.05) is 0 Å². The van der Waals surface area contributed by atoms with Gasteiger partial charge in [0.05, 0.1) is 0 Å². The molecule has 2 aliphatic carbocycles. The van der Waals surface area contributed by atoms with Gasteiger partial charge in [-0.25, -0.2) is 0 Å². The standard InChI is InChI=1S/C20H30O/c1-19(11-12-19)9-3-5-16-7-8-17(18(21)15-16)6-4-10-20(2)13-14-20/h7-8,15,21H,3-6,9-14H2,1-2H3. The molecule has 0 bridgehead atoms. The fourth-order valence-electron chi connectivity index (χ4n) is 3.33. The summed E-state index contributed by atoms with van der Waals surface area (Å²) in [6, 6.07) is 6.38. The average molecular weight is 286 g/mol. The Labute approximate surface area is 129 Å². The van der Waals surface area contributed by atoms with Gasteiger partial charge >= 0.3 is 0 Å². The number of rotatable bonds is 8. The van der Waals surface area contributed by atoms with E-state index in [9.17, 15) is 5.11 Å². The number of phenolic OH excluding ortho intramolecular Hbond substituents is 1. The molecule has 0 atom stereocenters. The molecule has 1 nitrogen and oxygen atoms in total. The minimum atomic E-state index is 0.520. The zero-order valence-electron chi connectivity index (χ0n) is 13.8. The predicted octanol–water partition coefficient (Wildman–Crippen LogP) is 5.64. The molecule has 3 rings (SSSR count). The first kappa shape index (κ1) is 14.9. The molecule has 1 aromatic carbocycles. The summed E-state index contributed by atoms with van der Waals surface area (Å²) >= 11 is 0. The Morgan fingerprint density at radius 1 is 0.905 bits per heavy atom. The lowest BCUT2D eigenvalue weighted by molar-refractivity contribution is 0.456. The highest BCUT2D eigenvalue weighted by molar-refractivity contribution is 5.36. The number of hydrogen-bond acceptors (Lipinski definition) is 1. The minimum Gasteiger partial charge on any atom is -0.508 e. The molecule has 1 heteroatoms. The normalized spacial score (nSPS) is 21.2. The lowest BCUT2D eigenvalue weighted by Crippen LogP contribution is -1.97. The van der Waals surface area contributed by atoms with E-state index >= 15 is 0 Å². The van der Waals surface area contributed by atoms with Crippen molar-refractivity contribution in [1.82, 2.24) is 0 Å². The van der Waals surface area contributed by atoms with Crippen LogP contribution in [0.2, 0.25) is 0 Å². The number of benzene rings is 1. The van der Waals surface area contributed by atoms with Gasteiger partial charge in [-0.3, -0.25) is 0 Å². The minimum absolute atomic E-state index is 0.520. The highest BCUT2D eigenvalue weighted by Gasteiger charge is 2.36. The van der Waals surface area contributed by atoms with Gasteiger partial charge in [0.25, 0.3) is 0 Å². The van der Waals surface area contributed by atoms with E-state index in [0.29, 0.717) is 16.6 Å². The molecule has 1 aromatic rings. The molecular formula is C20H30O. The van der Waals surface area contributed by atoms with Gasteiger partial charge in [0.15, 0.2) is 0 Å². The van der Waals surface area contributed by atoms with Crippen molar-refractivity contribution in [1.29, 1.82) is 0 Å². The molecule has 116 valence electrons. The van der Waals surface area contributed by atoms with Gasteiger partial charge in [-0.2, -0.15) is 0 Å². The van der Waals surface area contributed by atoms with Crippen LogP contribution in [0.5, 0.6) is 5.75 Å². The third-order valence-corrected chi connectivity index (χ3v) is 5.83. The van der Waals surface area contributed by atoms with Crippen molar-refractivity contribution in [2.24, 2.45) is 10.8 Å². The molecule has 0 unspecified atom stereocenters. The Kier molecular flexibility index (Phi) is 4.03. The maximum atomic E-state index is 10.2. The van der Waals surface area contributed by atoms with Crippen molar-refractivity contribution < 1.29 is 5.11 Å². The highest BCUT2D eigenvalue weighted by Crippen LogP contribution is 2.49. The fourth-order valence-corrected chi connectivity index (χ4v) is 3.33. The van der Waals surface area contributed by atoms with Crippen LogP contribution < -0.4 is 0 Å². The SMILES string of the molecule is CC1(CCCc2ccc(CCCC3(C)CC3)c(O)c2)CC1. The van der Waals surface area contributed by atoms with Crippen LogP contribution in [-0.2, 0) is 12.8 Å². The Bertz CT molecular complexity index is 495. The predicted molar refractivity (Wildman–Crippen MR) is 88.7 cm³/mol. The van der Waals surface area contributed by atoms with Gasteiger partial charge < -0.3 is 5.11 Å². The van der Waals surface area contributed by atoms with E-state index in [1.165, 1.54) is 56.9 Å². The third-order valence-electron chi connectivity index (χ3n) is 5.83. The van der Waals surface area contributed by atoms with E-state index in [1.54, 1.807) is 0 Å². The van der Waals surface area contributed by atoms with Crippen LogP contribution in [0.4, 0.5) is 0 Å². The molecule has 21 heavy (non-hydrogen) atoms. The second-order valence-electron chi connectivity index (χ2n) is 8.29. The molecule has 0 heterocycles. The fraction of sp³-hybridized carbons (Fsp3) is 0.700. The van der Waals surface area contributed by atoms with Crippen molar-refractivity contribution in [3.63, 3.8) is 0 Å². The van der Waals surface area contributed by atoms with Gasteiger partial charge in [-0.1, -0.05) is 26.0 Å². The number of phenols is 1. The maximum absolute atomic E-state index is 10.2.